The monoisotopic (exact) mass is 279 g/mol. The molecule has 0 aliphatic heterocycles. The van der Waals surface area contributed by atoms with Crippen LogP contribution in [0.15, 0.2) is 48.5 Å². The van der Waals surface area contributed by atoms with Crippen LogP contribution in [-0.4, -0.2) is 36.2 Å². The Morgan fingerprint density at radius 2 is 1.70 bits per heavy atom. The summed E-state index contributed by atoms with van der Waals surface area (Å²) in [5, 5.41) is 0. The molecule has 20 heavy (non-hydrogen) atoms. The van der Waals surface area contributed by atoms with Crippen molar-refractivity contribution in [3.05, 3.63) is 66.6 Å². The molecule has 2 aromatic carbocycles. The molecule has 3 heteroatoms. The number of para-hydroxylation sites is 1. The Kier molecular flexibility index (Phi) is 7.75. The molecule has 2 nitrogen and oxygen atoms in total. The van der Waals surface area contributed by atoms with Gasteiger partial charge in [-0.15, -0.1) is 0 Å². The average Bonchev–Trinajstić information content (AvgIpc) is 2.47. The van der Waals surface area contributed by atoms with E-state index in [9.17, 15) is 0 Å². The first-order chi connectivity index (χ1) is 9.35. The normalized spacial score (nSPS) is 9.70. The molecule has 0 bridgehead atoms. The van der Waals surface area contributed by atoms with Crippen molar-refractivity contribution in [2.45, 2.75) is 20.0 Å². The molecule has 2 rings (SSSR count). The van der Waals surface area contributed by atoms with Crippen LogP contribution in [0, 0.1) is 6.92 Å². The van der Waals surface area contributed by atoms with Crippen LogP contribution in [0.4, 0.5) is 0 Å². The molecule has 0 saturated heterocycles. The van der Waals surface area contributed by atoms with Crippen molar-refractivity contribution >= 4 is 29.6 Å². The summed E-state index contributed by atoms with van der Waals surface area (Å²) in [5.74, 6) is 1.60. The maximum atomic E-state index is 5.87. The summed E-state index contributed by atoms with van der Waals surface area (Å²) in [5.41, 5.74) is 2.22. The zero-order valence-corrected chi connectivity index (χ0v) is 11.3. The molecule has 101 valence electrons. The molecule has 0 unspecified atom stereocenters. The van der Waals surface area contributed by atoms with E-state index in [4.69, 9.17) is 9.47 Å². The van der Waals surface area contributed by atoms with E-state index in [1.165, 1.54) is 0 Å². The summed E-state index contributed by atoms with van der Waals surface area (Å²) >= 11 is 0. The van der Waals surface area contributed by atoms with Crippen LogP contribution < -0.4 is 9.47 Å². The van der Waals surface area contributed by atoms with Gasteiger partial charge >= 0.3 is 29.6 Å². The Bertz CT molecular complexity index is 512. The molecule has 0 aromatic heterocycles. The Morgan fingerprint density at radius 1 is 0.950 bits per heavy atom. The predicted molar refractivity (Wildman–Crippen MR) is 84.6 cm³/mol. The minimum absolute atomic E-state index is 0. The first-order valence-electron chi connectivity index (χ1n) is 6.55. The van der Waals surface area contributed by atoms with Gasteiger partial charge in [0.05, 0.1) is 6.61 Å². The van der Waals surface area contributed by atoms with Gasteiger partial charge in [-0.3, -0.25) is 0 Å². The third kappa shape index (κ3) is 4.55. The first-order valence-corrected chi connectivity index (χ1v) is 6.55. The molecule has 0 atom stereocenters. The third-order valence-electron chi connectivity index (χ3n) is 2.86. The molecule has 0 heterocycles. The fraction of sp³-hybridized carbons (Fsp3) is 0.235. The van der Waals surface area contributed by atoms with Gasteiger partial charge in [0.1, 0.15) is 6.61 Å². The summed E-state index contributed by atoms with van der Waals surface area (Å²) in [6.07, 6.45) is 0.692. The van der Waals surface area contributed by atoms with Crippen LogP contribution in [0.5, 0.6) is 11.5 Å². The van der Waals surface area contributed by atoms with Gasteiger partial charge < -0.3 is 9.47 Å². The molecule has 0 fully saturated rings. The van der Waals surface area contributed by atoms with Gasteiger partial charge in [0, 0.05) is 0 Å². The van der Waals surface area contributed by atoms with E-state index in [0.29, 0.717) is 19.6 Å². The maximum absolute atomic E-state index is 5.87. The quantitative estimate of drug-likeness (QED) is 0.755. The number of rotatable bonds is 6. The van der Waals surface area contributed by atoms with Crippen LogP contribution >= 0.6 is 0 Å². The zero-order chi connectivity index (χ0) is 13.5. The number of benzene rings is 2. The van der Waals surface area contributed by atoms with Crippen molar-refractivity contribution < 1.29 is 9.47 Å². The van der Waals surface area contributed by atoms with E-state index < -0.39 is 0 Å². The Labute approximate surface area is 143 Å². The van der Waals surface area contributed by atoms with Crippen molar-refractivity contribution in [2.75, 3.05) is 6.61 Å². The van der Waals surface area contributed by atoms with Crippen LogP contribution in [-0.2, 0) is 13.0 Å². The van der Waals surface area contributed by atoms with Crippen molar-refractivity contribution in [1.29, 1.82) is 0 Å². The van der Waals surface area contributed by atoms with Crippen LogP contribution in [0.2, 0.25) is 0 Å². The summed E-state index contributed by atoms with van der Waals surface area (Å²) in [4.78, 5) is 0. The average molecular weight is 279 g/mol. The van der Waals surface area contributed by atoms with Crippen molar-refractivity contribution in [3.8, 4) is 11.5 Å². The van der Waals surface area contributed by atoms with Crippen molar-refractivity contribution in [3.63, 3.8) is 0 Å². The van der Waals surface area contributed by atoms with Gasteiger partial charge in [0.2, 0.25) is 0 Å². The summed E-state index contributed by atoms with van der Waals surface area (Å²) in [7, 11) is 0. The van der Waals surface area contributed by atoms with E-state index in [0.717, 1.165) is 22.6 Å². The van der Waals surface area contributed by atoms with Gasteiger partial charge in [0.25, 0.3) is 0 Å². The van der Waals surface area contributed by atoms with Crippen LogP contribution in [0.1, 0.15) is 18.1 Å². The SMILES string of the molecule is [CH2]Cc1cccc(OCc2ccccc2)c1OCC.[NaH]. The van der Waals surface area contributed by atoms with Gasteiger partial charge in [-0.05, 0) is 37.5 Å². The second-order valence-corrected chi connectivity index (χ2v) is 4.20. The van der Waals surface area contributed by atoms with E-state index in [-0.39, 0.29) is 29.6 Å². The molecule has 0 saturated carbocycles. The van der Waals surface area contributed by atoms with Crippen molar-refractivity contribution in [1.82, 2.24) is 0 Å². The van der Waals surface area contributed by atoms with Crippen LogP contribution in [0.25, 0.3) is 0 Å². The molecule has 0 amide bonds. The third-order valence-corrected chi connectivity index (χ3v) is 2.86. The number of ether oxygens (including phenoxy) is 2. The molecule has 0 aliphatic carbocycles. The zero-order valence-electron chi connectivity index (χ0n) is 11.3. The van der Waals surface area contributed by atoms with Gasteiger partial charge in [-0.25, -0.2) is 0 Å². The molecule has 0 N–H and O–H groups in total. The van der Waals surface area contributed by atoms with Crippen LogP contribution in [0.3, 0.4) is 0 Å². The minimum atomic E-state index is 0. The molecule has 0 aliphatic rings. The van der Waals surface area contributed by atoms with Gasteiger partial charge in [-0.2, -0.15) is 0 Å². The summed E-state index contributed by atoms with van der Waals surface area (Å²) in [6.45, 7) is 7.06. The van der Waals surface area contributed by atoms with E-state index >= 15 is 0 Å². The second-order valence-electron chi connectivity index (χ2n) is 4.20. The Morgan fingerprint density at radius 3 is 2.35 bits per heavy atom. The molecular weight excluding hydrogens is 259 g/mol. The Hall–Kier alpha value is -0.960. The van der Waals surface area contributed by atoms with E-state index in [2.05, 4.69) is 6.92 Å². The predicted octanol–water partition coefficient (Wildman–Crippen LogP) is 3.39. The molecule has 1 radical (unpaired) electrons. The number of hydrogen-bond donors (Lipinski definition) is 0. The number of hydrogen-bond acceptors (Lipinski definition) is 2. The fourth-order valence-electron chi connectivity index (χ4n) is 1.92. The Balaban J connectivity index is 0.00000200. The van der Waals surface area contributed by atoms with Gasteiger partial charge in [-0.1, -0.05) is 42.5 Å². The molecule has 2 aromatic rings. The van der Waals surface area contributed by atoms with Crippen molar-refractivity contribution in [2.24, 2.45) is 0 Å². The first kappa shape index (κ1) is 17.1. The van der Waals surface area contributed by atoms with Gasteiger partial charge in [0.15, 0.2) is 11.5 Å². The topological polar surface area (TPSA) is 18.5 Å². The molecule has 0 spiro atoms. The summed E-state index contributed by atoms with van der Waals surface area (Å²) in [6, 6.07) is 16.0. The fourth-order valence-corrected chi connectivity index (χ4v) is 1.92. The second kappa shape index (κ2) is 9.06. The van der Waals surface area contributed by atoms with E-state index in [1.807, 2.05) is 55.5 Å². The summed E-state index contributed by atoms with van der Waals surface area (Å²) < 4.78 is 11.5. The standard InChI is InChI=1S/C17H19O2.Na.H/c1-3-15-11-8-12-16(17(15)18-4-2)19-13-14-9-6-5-7-10-14;;/h5-12H,1,3-4,13H2,2H3;;. The molecular formula is C17H20NaO2. The van der Waals surface area contributed by atoms with E-state index in [1.54, 1.807) is 0 Å².